The predicted molar refractivity (Wildman–Crippen MR) is 171 cm³/mol. The summed E-state index contributed by atoms with van der Waals surface area (Å²) in [6.45, 7) is 2.57. The summed E-state index contributed by atoms with van der Waals surface area (Å²) in [4.78, 5) is 40.3. The first-order valence-electron chi connectivity index (χ1n) is 15.0. The number of phenols is 1. The highest BCUT2D eigenvalue weighted by molar-refractivity contribution is 6.02. The molecule has 0 saturated carbocycles. The van der Waals surface area contributed by atoms with Gasteiger partial charge < -0.3 is 19.5 Å². The van der Waals surface area contributed by atoms with Crippen LogP contribution in [0.3, 0.4) is 0 Å². The van der Waals surface area contributed by atoms with Gasteiger partial charge in [-0.25, -0.2) is 19.3 Å². The van der Waals surface area contributed by atoms with Crippen molar-refractivity contribution in [3.8, 4) is 17.2 Å². The molecule has 234 valence electrons. The first-order chi connectivity index (χ1) is 22.9. The SMILES string of the molecule is C[C@@H]1Cc2ccccc2CN1C(=O)c1cc2c(cc1C1=CC=CN(C(=O)N(c3ccc(O)cc3)c3cnc4ncnn4c3)N1)OCO2. The van der Waals surface area contributed by atoms with Crippen molar-refractivity contribution in [1.29, 1.82) is 0 Å². The number of urea groups is 1. The highest BCUT2D eigenvalue weighted by Crippen LogP contribution is 2.39. The zero-order chi connectivity index (χ0) is 32.1. The minimum absolute atomic E-state index is 0.0308. The fourth-order valence-corrected chi connectivity index (χ4v) is 6.04. The number of carbonyl (C=O) groups excluding carboxylic acids is 2. The zero-order valence-corrected chi connectivity index (χ0v) is 25.1. The molecule has 1 atom stereocenters. The lowest BCUT2D eigenvalue weighted by Gasteiger charge is -2.36. The molecule has 3 aliphatic heterocycles. The van der Waals surface area contributed by atoms with Gasteiger partial charge in [-0.15, -0.1) is 0 Å². The Hall–Kier alpha value is -6.37. The van der Waals surface area contributed by atoms with Crippen LogP contribution in [0, 0.1) is 0 Å². The number of ether oxygens (including phenoxy) is 2. The summed E-state index contributed by atoms with van der Waals surface area (Å²) in [7, 11) is 0. The summed E-state index contributed by atoms with van der Waals surface area (Å²) in [6, 6.07) is 17.3. The van der Waals surface area contributed by atoms with Crippen molar-refractivity contribution >= 4 is 34.8 Å². The average molecular weight is 629 g/mol. The van der Waals surface area contributed by atoms with E-state index < -0.39 is 6.03 Å². The van der Waals surface area contributed by atoms with E-state index in [0.29, 0.717) is 52.0 Å². The fraction of sp³-hybridized carbons (Fsp3) is 0.147. The topological polar surface area (TPSA) is 138 Å². The number of phenolic OH excluding ortho intramolecular Hbond substituents is 1. The van der Waals surface area contributed by atoms with Crippen molar-refractivity contribution in [2.75, 3.05) is 11.7 Å². The van der Waals surface area contributed by atoms with E-state index in [2.05, 4.69) is 32.6 Å². The fourth-order valence-electron chi connectivity index (χ4n) is 6.04. The van der Waals surface area contributed by atoms with Gasteiger partial charge >= 0.3 is 6.03 Å². The molecule has 8 rings (SSSR count). The Morgan fingerprint density at radius 1 is 1.00 bits per heavy atom. The van der Waals surface area contributed by atoms with Gasteiger partial charge in [0.1, 0.15) is 12.1 Å². The lowest BCUT2D eigenvalue weighted by Crippen LogP contribution is -2.46. The van der Waals surface area contributed by atoms with Gasteiger partial charge in [-0.05, 0) is 73.0 Å². The molecular weight excluding hydrogens is 600 g/mol. The molecular formula is C34H28N8O5. The number of hydrogen-bond acceptors (Lipinski definition) is 9. The smallest absolute Gasteiger partial charge is 0.352 e. The molecule has 47 heavy (non-hydrogen) atoms. The largest absolute Gasteiger partial charge is 0.508 e. The minimum atomic E-state index is -0.492. The standard InChI is InChI=1S/C34H28N8O5/c1-21-13-22-5-2-3-6-23(22)17-39(21)32(44)28-15-31-30(46-20-47-31)14-27(28)29-7-4-12-40(38-29)34(45)42(24-8-10-26(43)11-9-24)25-16-35-33-36-19-37-41(33)18-25/h2-12,14-16,18-19,21,38,43H,13,17,20H2,1H3/t21-/m1/s1. The van der Waals surface area contributed by atoms with Gasteiger partial charge in [0, 0.05) is 24.4 Å². The number of rotatable bonds is 4. The molecule has 0 spiro atoms. The van der Waals surface area contributed by atoms with Gasteiger partial charge in [0.25, 0.3) is 11.7 Å². The molecule has 5 heterocycles. The zero-order valence-electron chi connectivity index (χ0n) is 25.1. The van der Waals surface area contributed by atoms with Gasteiger partial charge in [0.15, 0.2) is 11.5 Å². The van der Waals surface area contributed by atoms with E-state index in [0.717, 1.165) is 12.0 Å². The predicted octanol–water partition coefficient (Wildman–Crippen LogP) is 4.78. The molecule has 3 aromatic carbocycles. The highest BCUT2D eigenvalue weighted by Gasteiger charge is 2.33. The molecule has 13 heteroatoms. The van der Waals surface area contributed by atoms with Crippen molar-refractivity contribution < 1.29 is 24.2 Å². The van der Waals surface area contributed by atoms with E-state index in [1.165, 1.54) is 44.6 Å². The second-order valence-corrected chi connectivity index (χ2v) is 11.4. The van der Waals surface area contributed by atoms with Crippen LogP contribution in [0.1, 0.15) is 34.0 Å². The number of benzene rings is 3. The summed E-state index contributed by atoms with van der Waals surface area (Å²) in [5.74, 6) is 1.25. The first kappa shape index (κ1) is 28.1. The molecule has 0 aliphatic carbocycles. The molecule has 3 aliphatic rings. The molecule has 0 unspecified atom stereocenters. The van der Waals surface area contributed by atoms with Crippen molar-refractivity contribution in [3.63, 3.8) is 0 Å². The number of nitrogens with zero attached hydrogens (tertiary/aromatic N) is 7. The molecule has 0 radical (unpaired) electrons. The van der Waals surface area contributed by atoms with Crippen LogP contribution in [-0.2, 0) is 13.0 Å². The summed E-state index contributed by atoms with van der Waals surface area (Å²) in [5.41, 5.74) is 7.89. The Balaban J connectivity index is 1.14. The van der Waals surface area contributed by atoms with Crippen molar-refractivity contribution in [2.45, 2.75) is 25.9 Å². The lowest BCUT2D eigenvalue weighted by molar-refractivity contribution is 0.0657. The molecule has 0 fully saturated rings. The quantitative estimate of drug-likeness (QED) is 0.288. The summed E-state index contributed by atoms with van der Waals surface area (Å²) in [5, 5.41) is 15.4. The third-order valence-corrected chi connectivity index (χ3v) is 8.42. The number of hydrogen-bond donors (Lipinski definition) is 2. The van der Waals surface area contributed by atoms with Crippen molar-refractivity contribution in [1.82, 2.24) is 34.9 Å². The Morgan fingerprint density at radius 3 is 2.62 bits per heavy atom. The van der Waals surface area contributed by atoms with Gasteiger partial charge in [0.05, 0.1) is 35.0 Å². The maximum absolute atomic E-state index is 14.3. The Morgan fingerprint density at radius 2 is 1.79 bits per heavy atom. The number of fused-ring (bicyclic) bond motifs is 3. The lowest BCUT2D eigenvalue weighted by atomic mass is 9.93. The highest BCUT2D eigenvalue weighted by atomic mass is 16.7. The maximum atomic E-state index is 14.3. The normalized spacial score (nSPS) is 16.4. The van der Waals surface area contributed by atoms with Crippen LogP contribution >= 0.6 is 0 Å². The molecule has 0 saturated heterocycles. The Bertz CT molecular complexity index is 2110. The van der Waals surface area contributed by atoms with Crippen LogP contribution in [0.4, 0.5) is 16.2 Å². The minimum Gasteiger partial charge on any atom is -0.508 e. The number of allylic oxidation sites excluding steroid dienone is 2. The van der Waals surface area contributed by atoms with E-state index >= 15 is 0 Å². The maximum Gasteiger partial charge on any atom is 0.352 e. The third kappa shape index (κ3) is 5.03. The first-order valence-corrected chi connectivity index (χ1v) is 15.0. The number of nitrogens with one attached hydrogen (secondary N) is 1. The van der Waals surface area contributed by atoms with Gasteiger partial charge in [0.2, 0.25) is 6.79 Å². The Kier molecular flexibility index (Phi) is 6.71. The summed E-state index contributed by atoms with van der Waals surface area (Å²) in [6.07, 6.45) is 10.4. The van der Waals surface area contributed by atoms with Crippen LogP contribution in [-0.4, -0.2) is 59.4 Å². The number of carbonyl (C=O) groups is 2. The van der Waals surface area contributed by atoms with Gasteiger partial charge in [-0.3, -0.25) is 15.1 Å². The third-order valence-electron chi connectivity index (χ3n) is 8.42. The van der Waals surface area contributed by atoms with E-state index in [9.17, 15) is 14.7 Å². The number of hydrazine groups is 1. The number of aromatic hydroxyl groups is 1. The molecule has 5 aromatic rings. The summed E-state index contributed by atoms with van der Waals surface area (Å²) < 4.78 is 12.8. The van der Waals surface area contributed by atoms with E-state index in [1.54, 1.807) is 48.8 Å². The van der Waals surface area contributed by atoms with Crippen molar-refractivity contribution in [3.05, 3.63) is 120 Å². The number of anilines is 2. The van der Waals surface area contributed by atoms with Crippen LogP contribution in [0.15, 0.2) is 97.7 Å². The number of aromatic nitrogens is 4. The average Bonchev–Trinajstić information content (AvgIpc) is 3.77. The molecule has 3 amide bonds. The Labute approximate surface area is 268 Å². The van der Waals surface area contributed by atoms with Crippen LogP contribution < -0.4 is 19.8 Å². The van der Waals surface area contributed by atoms with Crippen LogP contribution in [0.5, 0.6) is 17.2 Å². The van der Waals surface area contributed by atoms with E-state index in [-0.39, 0.29) is 24.5 Å². The van der Waals surface area contributed by atoms with Crippen LogP contribution in [0.2, 0.25) is 0 Å². The summed E-state index contributed by atoms with van der Waals surface area (Å²) >= 11 is 0. The molecule has 13 nitrogen and oxygen atoms in total. The van der Waals surface area contributed by atoms with Gasteiger partial charge in [-0.2, -0.15) is 10.1 Å². The van der Waals surface area contributed by atoms with E-state index in [1.807, 2.05) is 24.0 Å². The number of amides is 3. The molecule has 2 N–H and O–H groups in total. The van der Waals surface area contributed by atoms with Crippen LogP contribution in [0.25, 0.3) is 11.5 Å². The molecule has 2 aromatic heterocycles. The monoisotopic (exact) mass is 628 g/mol. The van der Waals surface area contributed by atoms with Gasteiger partial charge in [-0.1, -0.05) is 24.3 Å². The van der Waals surface area contributed by atoms with Crippen molar-refractivity contribution in [2.24, 2.45) is 0 Å². The second-order valence-electron chi connectivity index (χ2n) is 11.4. The second kappa shape index (κ2) is 11.2. The van der Waals surface area contributed by atoms with E-state index in [4.69, 9.17) is 9.47 Å². The molecule has 0 bridgehead atoms.